The summed E-state index contributed by atoms with van der Waals surface area (Å²) in [7, 11) is 0. The predicted molar refractivity (Wildman–Crippen MR) is 102 cm³/mol. The maximum atomic E-state index is 12.3. The molecule has 0 spiro atoms. The summed E-state index contributed by atoms with van der Waals surface area (Å²) < 4.78 is 0. The third-order valence-corrected chi connectivity index (χ3v) is 3.97. The van der Waals surface area contributed by atoms with Gasteiger partial charge in [0.15, 0.2) is 0 Å². The molecule has 2 aromatic rings. The number of anilines is 1. The Labute approximate surface area is 156 Å². The van der Waals surface area contributed by atoms with Gasteiger partial charge < -0.3 is 20.8 Å². The van der Waals surface area contributed by atoms with Crippen molar-refractivity contribution >= 4 is 28.3 Å². The quantitative estimate of drug-likeness (QED) is 0.307. The molecule has 0 fully saturated rings. The first-order valence-electron chi connectivity index (χ1n) is 8.60. The van der Waals surface area contributed by atoms with Gasteiger partial charge in [-0.1, -0.05) is 30.7 Å². The van der Waals surface area contributed by atoms with Gasteiger partial charge in [0, 0.05) is 35.6 Å². The molecule has 0 atom stereocenters. The fourth-order valence-electron chi connectivity index (χ4n) is 2.59. The van der Waals surface area contributed by atoms with E-state index in [-0.39, 0.29) is 17.7 Å². The first-order chi connectivity index (χ1) is 13.0. The van der Waals surface area contributed by atoms with Crippen LogP contribution in [-0.4, -0.2) is 28.6 Å². The molecule has 0 bridgehead atoms. The van der Waals surface area contributed by atoms with Crippen LogP contribution in [-0.2, 0) is 9.59 Å². The molecule has 0 radical (unpaired) electrons. The summed E-state index contributed by atoms with van der Waals surface area (Å²) in [6.07, 6.45) is 3.59. The molecule has 4 N–H and O–H groups in total. The Hall–Kier alpha value is -3.53. The number of carbonyl (C=O) groups is 2. The number of aromatic hydroxyl groups is 1. The van der Waals surface area contributed by atoms with E-state index in [0.29, 0.717) is 29.4 Å². The Morgan fingerprint density at radius 2 is 1.81 bits per heavy atom. The van der Waals surface area contributed by atoms with Crippen molar-refractivity contribution in [2.45, 2.75) is 25.7 Å². The highest BCUT2D eigenvalue weighted by Crippen LogP contribution is 2.29. The van der Waals surface area contributed by atoms with E-state index in [9.17, 15) is 20.0 Å². The molecular formula is C20H21N3O4. The van der Waals surface area contributed by atoms with E-state index < -0.39 is 11.9 Å². The van der Waals surface area contributed by atoms with Crippen molar-refractivity contribution < 1.29 is 19.8 Å². The average molecular weight is 367 g/mol. The van der Waals surface area contributed by atoms with Crippen molar-refractivity contribution in [2.75, 3.05) is 11.9 Å². The molecular weight excluding hydrogens is 346 g/mol. The second-order valence-corrected chi connectivity index (χ2v) is 5.96. The van der Waals surface area contributed by atoms with Crippen LogP contribution in [0.2, 0.25) is 0 Å². The topological polar surface area (TPSA) is 122 Å². The Bertz CT molecular complexity index is 900. The summed E-state index contributed by atoms with van der Waals surface area (Å²) in [5.74, 6) is -1.25. The maximum Gasteiger partial charge on any atom is 0.303 e. The lowest BCUT2D eigenvalue weighted by Crippen LogP contribution is -2.17. The van der Waals surface area contributed by atoms with E-state index in [0.717, 1.165) is 12.8 Å². The minimum absolute atomic E-state index is 0.0716. The van der Waals surface area contributed by atoms with Crippen molar-refractivity contribution in [1.82, 2.24) is 5.32 Å². The van der Waals surface area contributed by atoms with Crippen molar-refractivity contribution in [3.63, 3.8) is 0 Å². The van der Waals surface area contributed by atoms with Crippen LogP contribution in [0, 0.1) is 11.3 Å². The Morgan fingerprint density at radius 3 is 2.56 bits per heavy atom. The van der Waals surface area contributed by atoms with Gasteiger partial charge in [-0.3, -0.25) is 9.59 Å². The normalized spacial score (nSPS) is 11.0. The van der Waals surface area contributed by atoms with Gasteiger partial charge in [-0.05, 0) is 25.0 Å². The Morgan fingerprint density at radius 1 is 1.07 bits per heavy atom. The Kier molecular flexibility index (Phi) is 7.20. The fourth-order valence-corrected chi connectivity index (χ4v) is 2.59. The summed E-state index contributed by atoms with van der Waals surface area (Å²) in [6.45, 7) is 0.542. The van der Waals surface area contributed by atoms with Crippen LogP contribution in [0.5, 0.6) is 5.75 Å². The monoisotopic (exact) mass is 367 g/mol. The second kappa shape index (κ2) is 9.82. The van der Waals surface area contributed by atoms with Crippen LogP contribution in [0.1, 0.15) is 25.7 Å². The highest BCUT2D eigenvalue weighted by molar-refractivity contribution is 6.11. The minimum Gasteiger partial charge on any atom is -0.507 e. The van der Waals surface area contributed by atoms with Crippen molar-refractivity contribution in [2.24, 2.45) is 0 Å². The molecule has 0 saturated heterocycles. The number of nitrogens with one attached hydrogen (secondary N) is 2. The number of aliphatic carboxylic acids is 1. The number of carboxylic acid groups (broad SMARTS) is 1. The van der Waals surface area contributed by atoms with Crippen LogP contribution in [0.4, 0.5) is 5.69 Å². The Balaban J connectivity index is 1.95. The number of phenols is 1. The summed E-state index contributed by atoms with van der Waals surface area (Å²) in [4.78, 5) is 22.8. The zero-order valence-corrected chi connectivity index (χ0v) is 14.7. The molecule has 0 heterocycles. The van der Waals surface area contributed by atoms with Gasteiger partial charge in [-0.25, -0.2) is 0 Å². The molecule has 2 aromatic carbocycles. The zero-order chi connectivity index (χ0) is 19.6. The van der Waals surface area contributed by atoms with E-state index in [1.165, 1.54) is 6.20 Å². The van der Waals surface area contributed by atoms with Crippen molar-refractivity contribution in [1.29, 1.82) is 5.26 Å². The van der Waals surface area contributed by atoms with Crippen LogP contribution in [0.15, 0.2) is 48.2 Å². The molecule has 0 unspecified atom stereocenters. The first kappa shape index (κ1) is 19.8. The summed E-state index contributed by atoms with van der Waals surface area (Å²) in [6, 6.07) is 12.0. The number of nitrogens with zero attached hydrogens (tertiary/aromatic N) is 1. The second-order valence-electron chi connectivity index (χ2n) is 5.96. The van der Waals surface area contributed by atoms with E-state index in [1.807, 2.05) is 6.07 Å². The van der Waals surface area contributed by atoms with Crippen molar-refractivity contribution in [3.8, 4) is 11.8 Å². The number of amides is 1. The number of unbranched alkanes of at least 4 members (excludes halogenated alkanes) is 2. The SMILES string of the molecule is N#C/C(=C/NCCCCCC(=O)O)C(=O)Nc1cccc2c(O)cccc12. The molecule has 7 nitrogen and oxygen atoms in total. The number of hydrogen-bond acceptors (Lipinski definition) is 5. The summed E-state index contributed by atoms with van der Waals surface area (Å²) in [5, 5.41) is 34.6. The highest BCUT2D eigenvalue weighted by Gasteiger charge is 2.11. The van der Waals surface area contributed by atoms with Crippen LogP contribution >= 0.6 is 0 Å². The lowest BCUT2D eigenvalue weighted by molar-refractivity contribution is -0.137. The van der Waals surface area contributed by atoms with E-state index in [1.54, 1.807) is 36.4 Å². The third-order valence-electron chi connectivity index (χ3n) is 3.97. The smallest absolute Gasteiger partial charge is 0.303 e. The standard InChI is InChI=1S/C20H21N3O4/c21-12-14(13-22-11-3-1-2-10-19(25)26)20(27)23-17-8-4-7-16-15(17)6-5-9-18(16)24/h4-9,13,22,24H,1-3,10-11H2,(H,23,27)(H,25,26)/b14-13-. The van der Waals surface area contributed by atoms with Gasteiger partial charge >= 0.3 is 5.97 Å². The lowest BCUT2D eigenvalue weighted by atomic mass is 10.1. The van der Waals surface area contributed by atoms with E-state index in [2.05, 4.69) is 10.6 Å². The molecule has 1 amide bonds. The zero-order valence-electron chi connectivity index (χ0n) is 14.7. The number of carboxylic acids is 1. The molecule has 2 rings (SSSR count). The van der Waals surface area contributed by atoms with Crippen LogP contribution in [0.25, 0.3) is 10.8 Å². The number of carbonyl (C=O) groups excluding carboxylic acids is 1. The van der Waals surface area contributed by atoms with E-state index in [4.69, 9.17) is 5.11 Å². The number of fused-ring (bicyclic) bond motifs is 1. The first-order valence-corrected chi connectivity index (χ1v) is 8.60. The number of benzene rings is 2. The van der Waals surface area contributed by atoms with Gasteiger partial charge in [-0.2, -0.15) is 5.26 Å². The van der Waals surface area contributed by atoms with Gasteiger partial charge in [0.05, 0.1) is 0 Å². The molecule has 0 saturated carbocycles. The maximum absolute atomic E-state index is 12.3. The molecule has 0 aliphatic carbocycles. The third kappa shape index (κ3) is 5.75. The summed E-state index contributed by atoms with van der Waals surface area (Å²) in [5.41, 5.74) is 0.431. The van der Waals surface area contributed by atoms with E-state index >= 15 is 0 Å². The number of nitriles is 1. The van der Waals surface area contributed by atoms with Crippen LogP contribution in [0.3, 0.4) is 0 Å². The molecule has 0 aliphatic heterocycles. The minimum atomic E-state index is -0.812. The molecule has 140 valence electrons. The highest BCUT2D eigenvalue weighted by atomic mass is 16.4. The largest absolute Gasteiger partial charge is 0.507 e. The fraction of sp³-hybridized carbons (Fsp3) is 0.250. The molecule has 27 heavy (non-hydrogen) atoms. The van der Waals surface area contributed by atoms with Gasteiger partial charge in [-0.15, -0.1) is 0 Å². The molecule has 7 heteroatoms. The molecule has 0 aromatic heterocycles. The summed E-state index contributed by atoms with van der Waals surface area (Å²) >= 11 is 0. The molecule has 0 aliphatic rings. The van der Waals surface area contributed by atoms with Crippen molar-refractivity contribution in [3.05, 3.63) is 48.2 Å². The van der Waals surface area contributed by atoms with Gasteiger partial charge in [0.2, 0.25) is 0 Å². The lowest BCUT2D eigenvalue weighted by Gasteiger charge is -2.09. The number of rotatable bonds is 9. The number of hydrogen-bond donors (Lipinski definition) is 4. The number of phenolic OH excluding ortho intramolecular Hbond substituents is 1. The van der Waals surface area contributed by atoms with Gasteiger partial charge in [0.1, 0.15) is 17.4 Å². The average Bonchev–Trinajstić information content (AvgIpc) is 2.64. The predicted octanol–water partition coefficient (Wildman–Crippen LogP) is 3.13. The van der Waals surface area contributed by atoms with Crippen LogP contribution < -0.4 is 10.6 Å². The van der Waals surface area contributed by atoms with Gasteiger partial charge in [0.25, 0.3) is 5.91 Å².